The molecule has 0 unspecified atom stereocenters. The highest BCUT2D eigenvalue weighted by atomic mass is 35.5. The van der Waals surface area contributed by atoms with Crippen molar-refractivity contribution in [2.24, 2.45) is 0 Å². The number of imidazole rings is 1. The van der Waals surface area contributed by atoms with E-state index in [1.165, 1.54) is 0 Å². The molecule has 0 aliphatic carbocycles. The molecule has 0 saturated heterocycles. The average molecular weight is 360 g/mol. The van der Waals surface area contributed by atoms with Crippen LogP contribution >= 0.6 is 46.4 Å². The van der Waals surface area contributed by atoms with Crippen LogP contribution in [0, 0.1) is 0 Å². The number of hydrogen-bond acceptors (Lipinski definition) is 1. The fourth-order valence-electron chi connectivity index (χ4n) is 2.32. The van der Waals surface area contributed by atoms with Crippen LogP contribution in [0.2, 0.25) is 15.1 Å². The third-order valence-corrected chi connectivity index (χ3v) is 4.29. The predicted octanol–water partition coefficient (Wildman–Crippen LogP) is 5.77. The molecule has 0 fully saturated rings. The van der Waals surface area contributed by atoms with Gasteiger partial charge in [-0.3, -0.25) is 4.57 Å². The first kappa shape index (κ1) is 15.0. The Balaban J connectivity index is 2.40. The highest BCUT2D eigenvalue weighted by Crippen LogP contribution is 2.34. The molecule has 21 heavy (non-hydrogen) atoms. The molecule has 0 aliphatic heterocycles. The van der Waals surface area contributed by atoms with Gasteiger partial charge in [0.25, 0.3) is 0 Å². The van der Waals surface area contributed by atoms with Gasteiger partial charge in [0.2, 0.25) is 0 Å². The third-order valence-electron chi connectivity index (χ3n) is 3.18. The Kier molecular flexibility index (Phi) is 4.32. The van der Waals surface area contributed by atoms with Crippen molar-refractivity contribution in [1.82, 2.24) is 9.55 Å². The summed E-state index contributed by atoms with van der Waals surface area (Å²) in [6.07, 6.45) is 0.591. The second-order valence-electron chi connectivity index (χ2n) is 4.48. The number of aromatic nitrogens is 2. The average Bonchev–Trinajstić information content (AvgIpc) is 2.80. The van der Waals surface area contributed by atoms with E-state index in [9.17, 15) is 0 Å². The zero-order valence-corrected chi connectivity index (χ0v) is 13.8. The minimum absolute atomic E-state index is 0.447. The molecule has 0 bridgehead atoms. The molecule has 3 rings (SSSR count). The summed E-state index contributed by atoms with van der Waals surface area (Å²) < 4.78 is 1.92. The van der Waals surface area contributed by atoms with Crippen molar-refractivity contribution in [1.29, 1.82) is 0 Å². The molecule has 6 heteroatoms. The maximum absolute atomic E-state index is 6.33. The number of fused-ring (bicyclic) bond motifs is 1. The molecule has 2 nitrogen and oxygen atoms in total. The molecule has 0 amide bonds. The van der Waals surface area contributed by atoms with Crippen molar-refractivity contribution < 1.29 is 0 Å². The summed E-state index contributed by atoms with van der Waals surface area (Å²) >= 11 is 24.8. The largest absolute Gasteiger partial charge is 0.293 e. The first-order valence-corrected chi connectivity index (χ1v) is 7.96. The number of aryl methyl sites for hydroxylation is 1. The van der Waals surface area contributed by atoms with Crippen LogP contribution < -0.4 is 0 Å². The first-order chi connectivity index (χ1) is 10.1. The Labute approximate surface area is 142 Å². The molecule has 0 radical (unpaired) electrons. The van der Waals surface area contributed by atoms with E-state index >= 15 is 0 Å². The molecule has 0 spiro atoms. The van der Waals surface area contributed by atoms with E-state index in [2.05, 4.69) is 4.98 Å². The maximum Gasteiger partial charge on any atom is 0.115 e. The molecular formula is C15H10Cl4N2. The van der Waals surface area contributed by atoms with Crippen molar-refractivity contribution in [3.05, 3.63) is 57.3 Å². The van der Waals surface area contributed by atoms with Crippen LogP contribution in [0.1, 0.15) is 5.82 Å². The third kappa shape index (κ3) is 2.62. The van der Waals surface area contributed by atoms with E-state index in [0.29, 0.717) is 33.1 Å². The highest BCUT2D eigenvalue weighted by molar-refractivity contribution is 6.38. The zero-order chi connectivity index (χ0) is 15.0. The second kappa shape index (κ2) is 6.05. The number of benzene rings is 2. The maximum atomic E-state index is 6.33. The zero-order valence-electron chi connectivity index (χ0n) is 10.8. The number of rotatable bonds is 3. The summed E-state index contributed by atoms with van der Waals surface area (Å²) in [4.78, 5) is 4.59. The predicted molar refractivity (Wildman–Crippen MR) is 90.5 cm³/mol. The van der Waals surface area contributed by atoms with Crippen LogP contribution in [0.4, 0.5) is 0 Å². The molecule has 0 atom stereocenters. The van der Waals surface area contributed by atoms with Gasteiger partial charge in [-0.15, -0.1) is 11.6 Å². The first-order valence-electron chi connectivity index (χ1n) is 6.29. The van der Waals surface area contributed by atoms with E-state index in [1.807, 2.05) is 22.8 Å². The Morgan fingerprint density at radius 1 is 0.905 bits per heavy atom. The van der Waals surface area contributed by atoms with Crippen LogP contribution in [-0.4, -0.2) is 15.4 Å². The van der Waals surface area contributed by atoms with E-state index < -0.39 is 0 Å². The Morgan fingerprint density at radius 3 is 2.19 bits per heavy atom. The molecule has 3 aromatic rings. The van der Waals surface area contributed by atoms with Gasteiger partial charge in [0.15, 0.2) is 0 Å². The SMILES string of the molecule is ClCCc1nc2c(Cl)cccc2n1-c1c(Cl)cccc1Cl. The quantitative estimate of drug-likeness (QED) is 0.543. The molecule has 1 aromatic heterocycles. The number of hydrogen-bond donors (Lipinski definition) is 0. The van der Waals surface area contributed by atoms with E-state index in [-0.39, 0.29) is 0 Å². The fourth-order valence-corrected chi connectivity index (χ4v) is 3.26. The lowest BCUT2D eigenvalue weighted by Crippen LogP contribution is -2.03. The Hall–Kier alpha value is -0.930. The molecular weight excluding hydrogens is 350 g/mol. The van der Waals surface area contributed by atoms with Crippen LogP contribution in [0.5, 0.6) is 0 Å². The minimum atomic E-state index is 0.447. The molecule has 0 aliphatic rings. The van der Waals surface area contributed by atoms with E-state index in [1.54, 1.807) is 18.2 Å². The normalized spacial score (nSPS) is 11.2. The van der Waals surface area contributed by atoms with Gasteiger partial charge >= 0.3 is 0 Å². The van der Waals surface area contributed by atoms with Gasteiger partial charge in [0.1, 0.15) is 11.3 Å². The van der Waals surface area contributed by atoms with Gasteiger partial charge in [-0.2, -0.15) is 0 Å². The van der Waals surface area contributed by atoms with E-state index in [0.717, 1.165) is 16.9 Å². The van der Waals surface area contributed by atoms with E-state index in [4.69, 9.17) is 46.4 Å². The number of alkyl halides is 1. The van der Waals surface area contributed by atoms with Gasteiger partial charge in [0, 0.05) is 12.3 Å². The molecule has 0 N–H and O–H groups in total. The monoisotopic (exact) mass is 358 g/mol. The lowest BCUT2D eigenvalue weighted by atomic mass is 10.2. The molecule has 108 valence electrons. The standard InChI is InChI=1S/C15H10Cl4N2/c16-8-7-13-20-14-9(17)3-2-6-12(14)21(13)15-10(18)4-1-5-11(15)19/h1-6H,7-8H2. The van der Waals surface area contributed by atoms with Gasteiger partial charge in [-0.1, -0.05) is 46.9 Å². The van der Waals surface area contributed by atoms with Crippen LogP contribution in [0.25, 0.3) is 16.7 Å². The van der Waals surface area contributed by atoms with Crippen molar-refractivity contribution in [2.75, 3.05) is 5.88 Å². The topological polar surface area (TPSA) is 17.8 Å². The minimum Gasteiger partial charge on any atom is -0.293 e. The van der Waals surface area contributed by atoms with Gasteiger partial charge in [-0.25, -0.2) is 4.98 Å². The Bertz CT molecular complexity index is 791. The summed E-state index contributed by atoms with van der Waals surface area (Å²) in [5.41, 5.74) is 2.28. The summed E-state index contributed by atoms with van der Waals surface area (Å²) in [6, 6.07) is 11.0. The van der Waals surface area contributed by atoms with Gasteiger partial charge in [-0.05, 0) is 24.3 Å². The summed E-state index contributed by atoms with van der Waals surface area (Å²) in [6.45, 7) is 0. The number of para-hydroxylation sites is 2. The van der Waals surface area contributed by atoms with Crippen molar-refractivity contribution >= 4 is 57.4 Å². The van der Waals surface area contributed by atoms with Gasteiger partial charge < -0.3 is 0 Å². The van der Waals surface area contributed by atoms with Crippen LogP contribution in [-0.2, 0) is 6.42 Å². The van der Waals surface area contributed by atoms with Gasteiger partial charge in [0.05, 0.1) is 26.3 Å². The fraction of sp³-hybridized carbons (Fsp3) is 0.133. The summed E-state index contributed by atoms with van der Waals surface area (Å²) in [7, 11) is 0. The molecule has 1 heterocycles. The number of halogens is 4. The summed E-state index contributed by atoms with van der Waals surface area (Å²) in [5.74, 6) is 1.23. The second-order valence-corrected chi connectivity index (χ2v) is 6.08. The van der Waals surface area contributed by atoms with Crippen molar-refractivity contribution in [2.45, 2.75) is 6.42 Å². The van der Waals surface area contributed by atoms with Crippen LogP contribution in [0.15, 0.2) is 36.4 Å². The Morgan fingerprint density at radius 2 is 1.52 bits per heavy atom. The lowest BCUT2D eigenvalue weighted by molar-refractivity contribution is 0.912. The van der Waals surface area contributed by atoms with Crippen molar-refractivity contribution in [3.63, 3.8) is 0 Å². The van der Waals surface area contributed by atoms with Crippen molar-refractivity contribution in [3.8, 4) is 5.69 Å². The number of nitrogens with zero attached hydrogens (tertiary/aromatic N) is 2. The molecule has 0 saturated carbocycles. The molecule has 2 aromatic carbocycles. The lowest BCUT2D eigenvalue weighted by Gasteiger charge is -2.12. The van der Waals surface area contributed by atoms with Crippen LogP contribution in [0.3, 0.4) is 0 Å². The highest BCUT2D eigenvalue weighted by Gasteiger charge is 2.18. The smallest absolute Gasteiger partial charge is 0.115 e. The summed E-state index contributed by atoms with van der Waals surface area (Å²) in [5, 5.41) is 1.69.